The summed E-state index contributed by atoms with van der Waals surface area (Å²) >= 11 is 0. The Kier molecular flexibility index (Phi) is 5.98. The third-order valence-corrected chi connectivity index (χ3v) is 4.97. The van der Waals surface area contributed by atoms with Crippen LogP contribution in [0.3, 0.4) is 0 Å². The molecule has 0 atom stereocenters. The highest BCUT2D eigenvalue weighted by Crippen LogP contribution is 2.25. The predicted octanol–water partition coefficient (Wildman–Crippen LogP) is 4.82. The molecule has 3 heterocycles. The number of imidazole rings is 1. The van der Waals surface area contributed by atoms with E-state index in [-0.39, 0.29) is 34.0 Å². The molecular formula is C22H18F5N5O2. The quantitative estimate of drug-likeness (QED) is 0.403. The number of alkyl halides is 3. The van der Waals surface area contributed by atoms with Crippen LogP contribution in [0, 0.1) is 25.5 Å². The number of halogens is 5. The summed E-state index contributed by atoms with van der Waals surface area (Å²) in [5.41, 5.74) is 0.723. The van der Waals surface area contributed by atoms with E-state index in [1.54, 1.807) is 19.2 Å². The second kappa shape index (κ2) is 8.76. The topological polar surface area (TPSA) is 73.5 Å². The largest absolute Gasteiger partial charge is 0.485 e. The Labute approximate surface area is 189 Å². The van der Waals surface area contributed by atoms with Crippen molar-refractivity contribution in [3.63, 3.8) is 0 Å². The number of carbonyl (C=O) groups is 1. The molecule has 4 aromatic rings. The van der Waals surface area contributed by atoms with Gasteiger partial charge in [0.15, 0.2) is 11.4 Å². The summed E-state index contributed by atoms with van der Waals surface area (Å²) in [6, 6.07) is 6.57. The first kappa shape index (κ1) is 23.2. The van der Waals surface area contributed by atoms with E-state index < -0.39 is 36.9 Å². The average molecular weight is 479 g/mol. The van der Waals surface area contributed by atoms with Gasteiger partial charge in [0, 0.05) is 12.4 Å². The van der Waals surface area contributed by atoms with Crippen LogP contribution in [0.4, 0.5) is 27.6 Å². The van der Waals surface area contributed by atoms with Gasteiger partial charge < -0.3 is 10.1 Å². The Morgan fingerprint density at radius 2 is 1.79 bits per heavy atom. The molecule has 1 amide bonds. The van der Waals surface area contributed by atoms with Gasteiger partial charge in [-0.15, -0.1) is 0 Å². The molecule has 0 bridgehead atoms. The van der Waals surface area contributed by atoms with Crippen molar-refractivity contribution in [1.82, 2.24) is 19.2 Å². The number of aromatic nitrogens is 4. The van der Waals surface area contributed by atoms with Gasteiger partial charge in [-0.1, -0.05) is 6.07 Å². The Hall–Kier alpha value is -3.96. The maximum Gasteiger partial charge on any atom is 0.408 e. The molecule has 0 aliphatic rings. The number of amides is 1. The minimum absolute atomic E-state index is 0.112. The minimum atomic E-state index is -4.46. The molecule has 1 N–H and O–H groups in total. The summed E-state index contributed by atoms with van der Waals surface area (Å²) < 4.78 is 73.4. The van der Waals surface area contributed by atoms with Gasteiger partial charge in [-0.3, -0.25) is 13.9 Å². The summed E-state index contributed by atoms with van der Waals surface area (Å²) in [7, 11) is 0. The van der Waals surface area contributed by atoms with Crippen LogP contribution in [0.5, 0.6) is 5.75 Å². The third kappa shape index (κ3) is 4.70. The van der Waals surface area contributed by atoms with Crippen molar-refractivity contribution in [1.29, 1.82) is 0 Å². The van der Waals surface area contributed by atoms with Crippen LogP contribution < -0.4 is 10.1 Å². The van der Waals surface area contributed by atoms with E-state index in [2.05, 4.69) is 15.4 Å². The highest BCUT2D eigenvalue weighted by atomic mass is 19.4. The molecule has 12 heteroatoms. The summed E-state index contributed by atoms with van der Waals surface area (Å²) in [5.74, 6) is -1.96. The smallest absolute Gasteiger partial charge is 0.408 e. The number of ether oxygens (including phenoxy) is 1. The number of nitrogens with zero attached hydrogens (tertiary/aromatic N) is 4. The van der Waals surface area contributed by atoms with Crippen LogP contribution in [-0.2, 0) is 13.2 Å². The van der Waals surface area contributed by atoms with Gasteiger partial charge in [0.2, 0.25) is 0 Å². The molecule has 0 aliphatic carbocycles. The molecule has 3 aromatic heterocycles. The first-order chi connectivity index (χ1) is 16.0. The number of benzene rings is 1. The van der Waals surface area contributed by atoms with Crippen LogP contribution in [0.25, 0.3) is 5.65 Å². The lowest BCUT2D eigenvalue weighted by atomic mass is 10.2. The summed E-state index contributed by atoms with van der Waals surface area (Å²) in [6.45, 7) is 1.35. The molecule has 0 saturated carbocycles. The molecule has 1 aromatic carbocycles. The summed E-state index contributed by atoms with van der Waals surface area (Å²) in [4.78, 5) is 17.3. The van der Waals surface area contributed by atoms with Crippen LogP contribution in [0.2, 0.25) is 0 Å². The maximum absolute atomic E-state index is 13.9. The normalized spacial score (nSPS) is 11.7. The second-order valence-electron chi connectivity index (χ2n) is 7.50. The lowest BCUT2D eigenvalue weighted by Gasteiger charge is -2.10. The molecule has 4 rings (SSSR count). The Morgan fingerprint density at radius 1 is 1.09 bits per heavy atom. The Morgan fingerprint density at radius 3 is 2.47 bits per heavy atom. The number of fused-ring (bicyclic) bond motifs is 1. The Bertz CT molecular complexity index is 1360. The lowest BCUT2D eigenvalue weighted by Crippen LogP contribution is -2.18. The number of anilines is 1. The molecule has 0 saturated heterocycles. The number of aryl methyl sites for hydroxylation is 2. The van der Waals surface area contributed by atoms with E-state index in [0.29, 0.717) is 10.4 Å². The van der Waals surface area contributed by atoms with E-state index >= 15 is 0 Å². The van der Waals surface area contributed by atoms with E-state index in [0.717, 1.165) is 18.3 Å². The molecule has 34 heavy (non-hydrogen) atoms. The number of nitrogens with one attached hydrogen (secondary N) is 1. The fourth-order valence-corrected chi connectivity index (χ4v) is 3.45. The van der Waals surface area contributed by atoms with Crippen molar-refractivity contribution < 1.29 is 31.5 Å². The Balaban J connectivity index is 1.60. The van der Waals surface area contributed by atoms with Gasteiger partial charge >= 0.3 is 6.18 Å². The molecule has 7 nitrogen and oxygen atoms in total. The zero-order valence-electron chi connectivity index (χ0n) is 18.0. The lowest BCUT2D eigenvalue weighted by molar-refractivity contribution is -0.142. The molecule has 0 fully saturated rings. The number of carbonyl (C=O) groups excluding carboxylic acids is 1. The number of rotatable bonds is 6. The van der Waals surface area contributed by atoms with Crippen molar-refractivity contribution in [3.8, 4) is 5.75 Å². The van der Waals surface area contributed by atoms with Gasteiger partial charge in [0.1, 0.15) is 30.5 Å². The molecule has 0 spiro atoms. The van der Waals surface area contributed by atoms with E-state index in [1.807, 2.05) is 0 Å². The fraction of sp³-hybridized carbons (Fsp3) is 0.227. The van der Waals surface area contributed by atoms with Crippen molar-refractivity contribution in [3.05, 3.63) is 77.0 Å². The second-order valence-corrected chi connectivity index (χ2v) is 7.50. The average Bonchev–Trinajstić information content (AvgIpc) is 3.24. The van der Waals surface area contributed by atoms with Gasteiger partial charge in [-0.25, -0.2) is 13.8 Å². The summed E-state index contributed by atoms with van der Waals surface area (Å²) in [5, 5.41) is 6.33. The predicted molar refractivity (Wildman–Crippen MR) is 112 cm³/mol. The highest BCUT2D eigenvalue weighted by Gasteiger charge is 2.29. The number of pyridine rings is 1. The first-order valence-corrected chi connectivity index (χ1v) is 9.99. The van der Waals surface area contributed by atoms with E-state index in [1.165, 1.54) is 23.5 Å². The molecule has 0 unspecified atom stereocenters. The first-order valence-electron chi connectivity index (χ1n) is 9.99. The van der Waals surface area contributed by atoms with Crippen LogP contribution in [-0.4, -0.2) is 31.2 Å². The highest BCUT2D eigenvalue weighted by molar-refractivity contribution is 6.04. The van der Waals surface area contributed by atoms with Crippen LogP contribution in [0.1, 0.15) is 27.4 Å². The molecular weight excluding hydrogens is 461 g/mol. The van der Waals surface area contributed by atoms with Gasteiger partial charge in [-0.05, 0) is 38.1 Å². The van der Waals surface area contributed by atoms with Crippen molar-refractivity contribution in [2.75, 3.05) is 5.32 Å². The fourth-order valence-electron chi connectivity index (χ4n) is 3.45. The zero-order chi connectivity index (χ0) is 24.6. The van der Waals surface area contributed by atoms with Crippen LogP contribution >= 0.6 is 0 Å². The zero-order valence-corrected chi connectivity index (χ0v) is 18.0. The maximum atomic E-state index is 13.9. The summed E-state index contributed by atoms with van der Waals surface area (Å²) in [6.07, 6.45) is -1.82. The minimum Gasteiger partial charge on any atom is -0.485 e. The van der Waals surface area contributed by atoms with Gasteiger partial charge in [0.25, 0.3) is 5.91 Å². The van der Waals surface area contributed by atoms with E-state index in [4.69, 9.17) is 4.74 Å². The van der Waals surface area contributed by atoms with Gasteiger partial charge in [-0.2, -0.15) is 18.3 Å². The SMILES string of the molecule is Cc1nn(CC(F)(F)F)cc1NC(=O)c1c(C)nc2c(OCc3c(F)cccc3F)cccn12. The van der Waals surface area contributed by atoms with Gasteiger partial charge in [0.05, 0.1) is 22.6 Å². The monoisotopic (exact) mass is 479 g/mol. The number of hydrogen-bond donors (Lipinski definition) is 1. The third-order valence-electron chi connectivity index (χ3n) is 4.97. The molecule has 178 valence electrons. The van der Waals surface area contributed by atoms with Crippen LogP contribution in [0.15, 0.2) is 42.7 Å². The van der Waals surface area contributed by atoms with Crippen molar-refractivity contribution in [2.24, 2.45) is 0 Å². The molecule has 0 aliphatic heterocycles. The van der Waals surface area contributed by atoms with E-state index in [9.17, 15) is 26.7 Å². The van der Waals surface area contributed by atoms with Crippen molar-refractivity contribution >= 4 is 17.2 Å². The standard InChI is InChI=1S/C22H18F5N5O2/c1-12-17(9-31(30-12)11-22(25,26)27)29-21(33)19-13(2)28-20-18(7-4-8-32(19)20)34-10-14-15(23)5-3-6-16(14)24/h3-9H,10-11H2,1-2H3,(H,29,33). The van der Waals surface area contributed by atoms with Crippen molar-refractivity contribution in [2.45, 2.75) is 33.2 Å². The molecule has 0 radical (unpaired) electrons. The number of hydrogen-bond acceptors (Lipinski definition) is 4.